The molecule has 0 aliphatic rings. The molecule has 2 heteroatoms. The molecule has 2 aromatic carbocycles. The molecule has 0 amide bonds. The molecule has 0 fully saturated rings. The van der Waals surface area contributed by atoms with Crippen molar-refractivity contribution in [3.8, 4) is 11.1 Å². The van der Waals surface area contributed by atoms with Gasteiger partial charge in [0.05, 0.1) is 0 Å². The Kier molecular flexibility index (Phi) is 5.79. The minimum absolute atomic E-state index is 1.07. The maximum absolute atomic E-state index is 4.24. The Hall–Kier alpha value is -3.39. The van der Waals surface area contributed by atoms with Gasteiger partial charge in [-0.05, 0) is 59.5 Å². The first-order valence-electron chi connectivity index (χ1n) is 9.80. The van der Waals surface area contributed by atoms with Gasteiger partial charge in [-0.15, -0.1) is 0 Å². The molecule has 0 aliphatic heterocycles. The first kappa shape index (κ1) is 18.0. The highest BCUT2D eigenvalue weighted by molar-refractivity contribution is 5.81. The minimum Gasteiger partial charge on any atom is -0.361 e. The van der Waals surface area contributed by atoms with Gasteiger partial charge in [0.25, 0.3) is 0 Å². The molecule has 0 atom stereocenters. The van der Waals surface area contributed by atoms with Gasteiger partial charge >= 0.3 is 0 Å². The SMILES string of the molecule is C(=C\c1ccc2cc[nH]c2c1)/CCC/C=C/c1ccccc1-c1cccnc1. The minimum atomic E-state index is 1.07. The summed E-state index contributed by atoms with van der Waals surface area (Å²) >= 11 is 0. The number of pyridine rings is 1. The van der Waals surface area contributed by atoms with E-state index in [0.717, 1.165) is 24.8 Å². The number of nitrogens with zero attached hydrogens (tertiary/aromatic N) is 1. The molecule has 4 aromatic rings. The van der Waals surface area contributed by atoms with Gasteiger partial charge in [-0.2, -0.15) is 0 Å². The van der Waals surface area contributed by atoms with Gasteiger partial charge < -0.3 is 4.98 Å². The van der Waals surface area contributed by atoms with Crippen LogP contribution in [0.2, 0.25) is 0 Å². The predicted octanol–water partition coefficient (Wildman–Crippen LogP) is 7.13. The fraction of sp³-hybridized carbons (Fsp3) is 0.115. The van der Waals surface area contributed by atoms with E-state index in [0.29, 0.717) is 0 Å². The van der Waals surface area contributed by atoms with E-state index in [9.17, 15) is 0 Å². The molecule has 0 saturated carbocycles. The van der Waals surface area contributed by atoms with Crippen molar-refractivity contribution < 1.29 is 0 Å². The summed E-state index contributed by atoms with van der Waals surface area (Å²) in [5.74, 6) is 0. The number of aromatic amines is 1. The lowest BCUT2D eigenvalue weighted by Crippen LogP contribution is -1.83. The van der Waals surface area contributed by atoms with Crippen LogP contribution in [-0.2, 0) is 0 Å². The zero-order valence-corrected chi connectivity index (χ0v) is 15.9. The van der Waals surface area contributed by atoms with Gasteiger partial charge in [0.1, 0.15) is 0 Å². The normalized spacial score (nSPS) is 11.7. The zero-order chi connectivity index (χ0) is 19.0. The molecule has 2 heterocycles. The lowest BCUT2D eigenvalue weighted by molar-refractivity contribution is 0.873. The Balaban J connectivity index is 1.30. The number of nitrogens with one attached hydrogen (secondary N) is 1. The molecular formula is C26H24N2. The number of fused-ring (bicyclic) bond motifs is 1. The van der Waals surface area contributed by atoms with Crippen molar-refractivity contribution in [1.82, 2.24) is 9.97 Å². The quantitative estimate of drug-likeness (QED) is 0.347. The van der Waals surface area contributed by atoms with Crippen LogP contribution in [0.15, 0.2) is 91.4 Å². The summed E-state index contributed by atoms with van der Waals surface area (Å²) in [6, 6.07) is 21.2. The Bertz CT molecular complexity index is 1090. The highest BCUT2D eigenvalue weighted by atomic mass is 14.7. The van der Waals surface area contributed by atoms with Crippen molar-refractivity contribution in [3.05, 3.63) is 103 Å². The van der Waals surface area contributed by atoms with E-state index in [1.54, 1.807) is 0 Å². The molecule has 0 radical (unpaired) electrons. The van der Waals surface area contributed by atoms with Crippen LogP contribution in [0.5, 0.6) is 0 Å². The van der Waals surface area contributed by atoms with Gasteiger partial charge in [-0.3, -0.25) is 4.98 Å². The average Bonchev–Trinajstić information content (AvgIpc) is 3.22. The van der Waals surface area contributed by atoms with Crippen LogP contribution in [0, 0.1) is 0 Å². The number of hydrogen-bond acceptors (Lipinski definition) is 1. The van der Waals surface area contributed by atoms with E-state index in [-0.39, 0.29) is 0 Å². The van der Waals surface area contributed by atoms with E-state index < -0.39 is 0 Å². The second-order valence-corrected chi connectivity index (χ2v) is 6.89. The number of H-pyrrole nitrogens is 1. The number of rotatable bonds is 7. The molecule has 2 nitrogen and oxygen atoms in total. The predicted molar refractivity (Wildman–Crippen MR) is 120 cm³/mol. The molecule has 0 aliphatic carbocycles. The van der Waals surface area contributed by atoms with Crippen molar-refractivity contribution in [1.29, 1.82) is 0 Å². The van der Waals surface area contributed by atoms with Gasteiger partial charge in [0.2, 0.25) is 0 Å². The molecule has 0 unspecified atom stereocenters. The van der Waals surface area contributed by atoms with Crippen LogP contribution in [0.3, 0.4) is 0 Å². The standard InChI is InChI=1S/C26H24N2/c1(2-4-9-21-14-15-23-16-18-28-26(23)19-21)3-5-10-22-11-6-7-13-25(22)24-12-8-17-27-20-24/h4-20,28H,1-3H2/b9-4+,10-5+. The molecule has 0 bridgehead atoms. The van der Waals surface area contributed by atoms with Gasteiger partial charge in [0.15, 0.2) is 0 Å². The van der Waals surface area contributed by atoms with E-state index in [1.165, 1.54) is 27.6 Å². The number of hydrogen-bond donors (Lipinski definition) is 1. The monoisotopic (exact) mass is 364 g/mol. The van der Waals surface area contributed by atoms with Crippen LogP contribution in [0.4, 0.5) is 0 Å². The Morgan fingerprint density at radius 3 is 2.64 bits per heavy atom. The lowest BCUT2D eigenvalue weighted by atomic mass is 10.0. The fourth-order valence-corrected chi connectivity index (χ4v) is 3.38. The summed E-state index contributed by atoms with van der Waals surface area (Å²) in [6.45, 7) is 0. The molecule has 138 valence electrons. The van der Waals surface area contributed by atoms with Gasteiger partial charge in [-0.1, -0.05) is 66.8 Å². The van der Waals surface area contributed by atoms with Crippen LogP contribution < -0.4 is 0 Å². The molecule has 28 heavy (non-hydrogen) atoms. The first-order chi connectivity index (χ1) is 13.9. The number of benzene rings is 2. The Morgan fingerprint density at radius 2 is 1.75 bits per heavy atom. The van der Waals surface area contributed by atoms with Crippen LogP contribution >= 0.6 is 0 Å². The maximum atomic E-state index is 4.24. The summed E-state index contributed by atoms with van der Waals surface area (Å²) in [7, 11) is 0. The summed E-state index contributed by atoms with van der Waals surface area (Å²) in [4.78, 5) is 7.50. The summed E-state index contributed by atoms with van der Waals surface area (Å²) in [5, 5.41) is 1.26. The third kappa shape index (κ3) is 4.47. The molecule has 4 rings (SSSR count). The van der Waals surface area contributed by atoms with Gasteiger partial charge in [0, 0.05) is 29.7 Å². The molecule has 0 spiro atoms. The van der Waals surface area contributed by atoms with Crippen molar-refractivity contribution >= 4 is 23.1 Å². The number of allylic oxidation sites excluding steroid dienone is 2. The highest BCUT2D eigenvalue weighted by Crippen LogP contribution is 2.24. The second-order valence-electron chi connectivity index (χ2n) is 6.89. The smallest absolute Gasteiger partial charge is 0.0459 e. The molecule has 0 saturated heterocycles. The maximum Gasteiger partial charge on any atom is 0.0459 e. The van der Waals surface area contributed by atoms with Crippen molar-refractivity contribution in [2.24, 2.45) is 0 Å². The largest absolute Gasteiger partial charge is 0.361 e. The summed E-state index contributed by atoms with van der Waals surface area (Å²) in [5.41, 5.74) is 6.06. The third-order valence-electron chi connectivity index (χ3n) is 4.86. The number of aromatic nitrogens is 2. The highest BCUT2D eigenvalue weighted by Gasteiger charge is 2.01. The van der Waals surface area contributed by atoms with E-state index in [2.05, 4.69) is 88.9 Å². The van der Waals surface area contributed by atoms with Crippen LogP contribution in [0.25, 0.3) is 34.2 Å². The van der Waals surface area contributed by atoms with E-state index in [4.69, 9.17) is 0 Å². The first-order valence-corrected chi connectivity index (χ1v) is 9.80. The van der Waals surface area contributed by atoms with Crippen molar-refractivity contribution in [2.75, 3.05) is 0 Å². The van der Waals surface area contributed by atoms with Crippen LogP contribution in [0.1, 0.15) is 30.4 Å². The van der Waals surface area contributed by atoms with Crippen molar-refractivity contribution in [3.63, 3.8) is 0 Å². The average molecular weight is 364 g/mol. The van der Waals surface area contributed by atoms with Crippen LogP contribution in [-0.4, -0.2) is 9.97 Å². The molecule has 1 N–H and O–H groups in total. The van der Waals surface area contributed by atoms with Gasteiger partial charge in [-0.25, -0.2) is 0 Å². The Labute approximate surface area is 166 Å². The summed E-state index contributed by atoms with van der Waals surface area (Å²) in [6.07, 6.45) is 18.0. The molecule has 2 aromatic heterocycles. The number of unbranched alkanes of at least 4 members (excludes halogenated alkanes) is 2. The van der Waals surface area contributed by atoms with E-state index in [1.807, 2.05) is 24.7 Å². The fourth-order valence-electron chi connectivity index (χ4n) is 3.38. The Morgan fingerprint density at radius 1 is 0.857 bits per heavy atom. The summed E-state index contributed by atoms with van der Waals surface area (Å²) < 4.78 is 0. The van der Waals surface area contributed by atoms with Crippen molar-refractivity contribution in [2.45, 2.75) is 19.3 Å². The molecular weight excluding hydrogens is 340 g/mol. The zero-order valence-electron chi connectivity index (χ0n) is 15.9. The third-order valence-corrected chi connectivity index (χ3v) is 4.86. The van der Waals surface area contributed by atoms with E-state index >= 15 is 0 Å². The lowest BCUT2D eigenvalue weighted by Gasteiger charge is -2.05. The second kappa shape index (κ2) is 9.01. The topological polar surface area (TPSA) is 28.7 Å².